The summed E-state index contributed by atoms with van der Waals surface area (Å²) in [4.78, 5) is 2.45. The van der Waals surface area contributed by atoms with Crippen LogP contribution in [0.5, 0.6) is 5.75 Å². The molecule has 5 heteroatoms. The molecule has 1 fully saturated rings. The van der Waals surface area contributed by atoms with Crippen molar-refractivity contribution in [2.45, 2.75) is 18.9 Å². The zero-order valence-electron chi connectivity index (χ0n) is 14.9. The number of ether oxygens (including phenoxy) is 1. The topological polar surface area (TPSA) is 72.1 Å². The molecule has 0 aromatic heterocycles. The summed E-state index contributed by atoms with van der Waals surface area (Å²) in [7, 11) is 1.66. The first-order chi connectivity index (χ1) is 12.8. The molecule has 0 amide bonds. The van der Waals surface area contributed by atoms with Crippen LogP contribution in [0.4, 0.5) is 5.69 Å². The average Bonchev–Trinajstić information content (AvgIpc) is 3.23. The minimum atomic E-state index is 0.182. The third-order valence-corrected chi connectivity index (χ3v) is 4.86. The molecule has 0 saturated carbocycles. The van der Waals surface area contributed by atoms with Crippen molar-refractivity contribution in [2.75, 3.05) is 32.1 Å². The van der Waals surface area contributed by atoms with E-state index in [0.29, 0.717) is 23.4 Å². The van der Waals surface area contributed by atoms with E-state index in [1.165, 1.54) is 18.4 Å². The molecule has 26 heavy (non-hydrogen) atoms. The fourth-order valence-electron chi connectivity index (χ4n) is 3.46. The van der Waals surface area contributed by atoms with Gasteiger partial charge in [-0.2, -0.15) is 10.5 Å². The summed E-state index contributed by atoms with van der Waals surface area (Å²) >= 11 is 0. The van der Waals surface area contributed by atoms with Gasteiger partial charge in [0, 0.05) is 6.54 Å². The first-order valence-electron chi connectivity index (χ1n) is 8.82. The Hall–Kier alpha value is -3.02. The maximum Gasteiger partial charge on any atom is 0.118 e. The van der Waals surface area contributed by atoms with Gasteiger partial charge in [0.25, 0.3) is 0 Å². The van der Waals surface area contributed by atoms with Gasteiger partial charge < -0.3 is 10.1 Å². The highest BCUT2D eigenvalue weighted by Gasteiger charge is 2.24. The summed E-state index contributed by atoms with van der Waals surface area (Å²) < 4.78 is 5.26. The van der Waals surface area contributed by atoms with Crippen molar-refractivity contribution >= 4 is 5.69 Å². The zero-order chi connectivity index (χ0) is 18.4. The second-order valence-corrected chi connectivity index (χ2v) is 6.36. The van der Waals surface area contributed by atoms with Crippen LogP contribution in [0.1, 0.15) is 35.6 Å². The number of nitrogens with one attached hydrogen (secondary N) is 1. The van der Waals surface area contributed by atoms with Crippen molar-refractivity contribution in [1.82, 2.24) is 4.90 Å². The molecule has 0 radical (unpaired) electrons. The van der Waals surface area contributed by atoms with Gasteiger partial charge in [0.1, 0.15) is 17.9 Å². The predicted octanol–water partition coefficient (Wildman–Crippen LogP) is 3.69. The monoisotopic (exact) mass is 346 g/mol. The summed E-state index contributed by atoms with van der Waals surface area (Å²) in [6, 6.07) is 17.9. The lowest BCUT2D eigenvalue weighted by molar-refractivity contribution is 0.256. The summed E-state index contributed by atoms with van der Waals surface area (Å²) in [5, 5.41) is 22.1. The summed E-state index contributed by atoms with van der Waals surface area (Å²) in [6.45, 7) is 2.76. The fraction of sp³-hybridized carbons (Fsp3) is 0.333. The average molecular weight is 346 g/mol. The van der Waals surface area contributed by atoms with Gasteiger partial charge in [0.15, 0.2) is 0 Å². The summed E-state index contributed by atoms with van der Waals surface area (Å²) in [6.07, 6.45) is 2.40. The van der Waals surface area contributed by atoms with Crippen LogP contribution >= 0.6 is 0 Å². The van der Waals surface area contributed by atoms with E-state index >= 15 is 0 Å². The fourth-order valence-corrected chi connectivity index (χ4v) is 3.46. The molecule has 1 saturated heterocycles. The van der Waals surface area contributed by atoms with Crippen LogP contribution in [0.25, 0.3) is 0 Å². The lowest BCUT2D eigenvalue weighted by Gasteiger charge is -2.29. The standard InChI is InChI=1S/C21H22N4O/c1-26-19-9-7-16(8-10-19)20(25-11-2-3-12-25)15-24-21-17(13-22)5-4-6-18(21)14-23/h4-10,20,24H,2-3,11-12,15H2,1H3. The minimum absolute atomic E-state index is 0.182. The molecule has 1 aliphatic rings. The second-order valence-electron chi connectivity index (χ2n) is 6.36. The third kappa shape index (κ3) is 3.79. The molecule has 0 bridgehead atoms. The minimum Gasteiger partial charge on any atom is -0.497 e. The Bertz CT molecular complexity index is 794. The van der Waals surface area contributed by atoms with E-state index in [4.69, 9.17) is 4.74 Å². The molecule has 0 aliphatic carbocycles. The second kappa shape index (κ2) is 8.38. The molecule has 132 valence electrons. The molecule has 1 aliphatic heterocycles. The van der Waals surface area contributed by atoms with Gasteiger partial charge in [-0.25, -0.2) is 0 Å². The van der Waals surface area contributed by atoms with E-state index in [0.717, 1.165) is 18.8 Å². The predicted molar refractivity (Wildman–Crippen MR) is 101 cm³/mol. The molecule has 3 rings (SSSR count). The molecule has 2 aromatic carbocycles. The van der Waals surface area contributed by atoms with E-state index in [1.54, 1.807) is 25.3 Å². The Labute approximate surface area is 154 Å². The number of para-hydroxylation sites is 1. The lowest BCUT2D eigenvalue weighted by Crippen LogP contribution is -2.31. The first-order valence-corrected chi connectivity index (χ1v) is 8.82. The van der Waals surface area contributed by atoms with Gasteiger partial charge in [-0.1, -0.05) is 18.2 Å². The number of hydrogen-bond acceptors (Lipinski definition) is 5. The lowest BCUT2D eigenvalue weighted by atomic mass is 10.0. The highest BCUT2D eigenvalue weighted by Crippen LogP contribution is 2.28. The molecule has 1 heterocycles. The van der Waals surface area contributed by atoms with Gasteiger partial charge in [-0.05, 0) is 55.8 Å². The van der Waals surface area contributed by atoms with Crippen LogP contribution in [0.15, 0.2) is 42.5 Å². The number of nitrogens with zero attached hydrogens (tertiary/aromatic N) is 3. The number of methoxy groups -OCH3 is 1. The Morgan fingerprint density at radius 2 is 1.65 bits per heavy atom. The highest BCUT2D eigenvalue weighted by molar-refractivity contribution is 5.66. The van der Waals surface area contributed by atoms with Crippen LogP contribution in [0.2, 0.25) is 0 Å². The Morgan fingerprint density at radius 1 is 1.04 bits per heavy atom. The maximum atomic E-state index is 9.37. The summed E-state index contributed by atoms with van der Waals surface area (Å²) in [5.41, 5.74) is 2.82. The third-order valence-electron chi connectivity index (χ3n) is 4.86. The largest absolute Gasteiger partial charge is 0.497 e. The number of nitriles is 2. The Kier molecular flexibility index (Phi) is 5.73. The SMILES string of the molecule is COc1ccc(C(CNc2c(C#N)cccc2C#N)N2CCCC2)cc1. The van der Waals surface area contributed by atoms with Crippen molar-refractivity contribution < 1.29 is 4.74 Å². The van der Waals surface area contributed by atoms with Crippen molar-refractivity contribution in [3.63, 3.8) is 0 Å². The molecular weight excluding hydrogens is 324 g/mol. The van der Waals surface area contributed by atoms with E-state index in [9.17, 15) is 10.5 Å². The van der Waals surface area contributed by atoms with Crippen molar-refractivity contribution in [3.8, 4) is 17.9 Å². The van der Waals surface area contributed by atoms with Gasteiger partial charge in [0.2, 0.25) is 0 Å². The van der Waals surface area contributed by atoms with E-state index in [-0.39, 0.29) is 6.04 Å². The summed E-state index contributed by atoms with van der Waals surface area (Å²) in [5.74, 6) is 0.837. The van der Waals surface area contributed by atoms with E-state index in [1.807, 2.05) is 12.1 Å². The maximum absolute atomic E-state index is 9.37. The van der Waals surface area contributed by atoms with Crippen molar-refractivity contribution in [3.05, 3.63) is 59.2 Å². The van der Waals surface area contributed by atoms with Crippen molar-refractivity contribution in [1.29, 1.82) is 10.5 Å². The molecule has 2 aromatic rings. The van der Waals surface area contributed by atoms with E-state index in [2.05, 4.69) is 34.5 Å². The molecule has 1 unspecified atom stereocenters. The van der Waals surface area contributed by atoms with Crippen LogP contribution in [-0.4, -0.2) is 31.6 Å². The first kappa shape index (κ1) is 17.8. The number of rotatable bonds is 6. The number of likely N-dealkylation sites (tertiary alicyclic amines) is 1. The zero-order valence-corrected chi connectivity index (χ0v) is 14.9. The number of benzene rings is 2. The van der Waals surface area contributed by atoms with E-state index < -0.39 is 0 Å². The Balaban J connectivity index is 1.85. The van der Waals surface area contributed by atoms with Crippen LogP contribution in [0.3, 0.4) is 0 Å². The smallest absolute Gasteiger partial charge is 0.118 e. The highest BCUT2D eigenvalue weighted by atomic mass is 16.5. The Morgan fingerprint density at radius 3 is 2.19 bits per heavy atom. The van der Waals surface area contributed by atoms with Gasteiger partial charge in [-0.15, -0.1) is 0 Å². The van der Waals surface area contributed by atoms with Crippen LogP contribution < -0.4 is 10.1 Å². The van der Waals surface area contributed by atoms with Crippen molar-refractivity contribution in [2.24, 2.45) is 0 Å². The van der Waals surface area contributed by atoms with Crippen LogP contribution in [-0.2, 0) is 0 Å². The number of hydrogen-bond donors (Lipinski definition) is 1. The molecule has 5 nitrogen and oxygen atoms in total. The quantitative estimate of drug-likeness (QED) is 0.864. The normalized spacial score (nSPS) is 15.0. The number of anilines is 1. The van der Waals surface area contributed by atoms with Crippen LogP contribution in [0, 0.1) is 22.7 Å². The van der Waals surface area contributed by atoms with Gasteiger partial charge in [0.05, 0.1) is 30.0 Å². The van der Waals surface area contributed by atoms with Gasteiger partial charge >= 0.3 is 0 Å². The molecule has 1 N–H and O–H groups in total. The van der Waals surface area contributed by atoms with Gasteiger partial charge in [-0.3, -0.25) is 4.90 Å². The molecule has 1 atom stereocenters. The molecular formula is C21H22N4O. The molecule has 0 spiro atoms.